The second-order valence-electron chi connectivity index (χ2n) is 7.51. The first-order valence-corrected chi connectivity index (χ1v) is 9.62. The van der Waals surface area contributed by atoms with Gasteiger partial charge in [0.1, 0.15) is 5.82 Å². The number of aliphatic hydroxyl groups excluding tert-OH is 1. The average molecular weight is 388 g/mol. The van der Waals surface area contributed by atoms with Crippen LogP contribution in [0, 0.1) is 6.92 Å². The van der Waals surface area contributed by atoms with Crippen LogP contribution in [-0.4, -0.2) is 61.6 Å². The third kappa shape index (κ3) is 5.15. The van der Waals surface area contributed by atoms with Crippen LogP contribution in [0.1, 0.15) is 49.0 Å². The Hall–Kier alpha value is -2.29. The minimum Gasteiger partial charge on any atom is -0.483 e. The number of ether oxygens (including phenoxy) is 1. The van der Waals surface area contributed by atoms with Crippen LogP contribution < -0.4 is 0 Å². The average Bonchev–Trinajstić information content (AvgIpc) is 3.09. The highest BCUT2D eigenvalue weighted by Gasteiger charge is 2.43. The summed E-state index contributed by atoms with van der Waals surface area (Å²) in [5, 5.41) is 24.5. The molecule has 0 saturated carbocycles. The number of carbonyl (C=O) groups is 1. The number of aryl methyl sites for hydroxylation is 1. The summed E-state index contributed by atoms with van der Waals surface area (Å²) in [6.07, 6.45) is 3.01. The van der Waals surface area contributed by atoms with E-state index in [4.69, 9.17) is 14.6 Å². The minimum absolute atomic E-state index is 0.00726. The molecule has 1 aromatic carbocycles. The molecule has 2 atom stereocenters. The van der Waals surface area contributed by atoms with E-state index >= 15 is 0 Å². The van der Waals surface area contributed by atoms with Gasteiger partial charge in [-0.2, -0.15) is 5.10 Å². The van der Waals surface area contributed by atoms with Crippen molar-refractivity contribution in [3.63, 3.8) is 0 Å². The topological polar surface area (TPSA) is 112 Å². The Kier molecular flexibility index (Phi) is 6.77. The van der Waals surface area contributed by atoms with Gasteiger partial charge in [0.25, 0.3) is 6.47 Å². The standard InChI is InChI=1S/C19H26N4O2.CH2O2/c1-14-20-18(22-21-14)13-23-9-7-19(8-10-23)12-16(24)11-17(25-19)15-5-3-2-4-6-15;2-1-3/h2-6,16-17,24H,7-13H2,1H3,(H,20,21,22);1H,(H,2,3)/t16-,17-;/m1./s1. The molecule has 0 bridgehead atoms. The highest BCUT2D eigenvalue weighted by atomic mass is 16.5. The first-order chi connectivity index (χ1) is 13.5. The molecule has 0 aliphatic carbocycles. The first-order valence-electron chi connectivity index (χ1n) is 9.62. The predicted octanol–water partition coefficient (Wildman–Crippen LogP) is 2.06. The lowest BCUT2D eigenvalue weighted by Gasteiger charge is -2.48. The highest BCUT2D eigenvalue weighted by molar-refractivity contribution is 5.32. The smallest absolute Gasteiger partial charge is 0.290 e. The zero-order valence-corrected chi connectivity index (χ0v) is 16.1. The third-order valence-corrected chi connectivity index (χ3v) is 5.43. The Bertz CT molecular complexity index is 744. The Morgan fingerprint density at radius 3 is 2.61 bits per heavy atom. The van der Waals surface area contributed by atoms with Crippen molar-refractivity contribution in [3.8, 4) is 0 Å². The Balaban J connectivity index is 0.000000706. The molecule has 3 heterocycles. The number of hydrogen-bond donors (Lipinski definition) is 3. The van der Waals surface area contributed by atoms with E-state index in [0.717, 1.165) is 50.5 Å². The number of aromatic amines is 1. The number of aliphatic hydroxyl groups is 1. The lowest BCUT2D eigenvalue weighted by Crippen LogP contribution is -2.50. The predicted molar refractivity (Wildman–Crippen MR) is 103 cm³/mol. The maximum atomic E-state index is 10.4. The molecule has 2 aromatic rings. The van der Waals surface area contributed by atoms with Crippen LogP contribution >= 0.6 is 0 Å². The minimum atomic E-state index is -0.291. The molecule has 28 heavy (non-hydrogen) atoms. The molecule has 0 unspecified atom stereocenters. The summed E-state index contributed by atoms with van der Waals surface area (Å²) in [4.78, 5) is 15.1. The van der Waals surface area contributed by atoms with Crippen LogP contribution in [0.25, 0.3) is 0 Å². The van der Waals surface area contributed by atoms with Crippen molar-refractivity contribution in [3.05, 3.63) is 47.5 Å². The summed E-state index contributed by atoms with van der Waals surface area (Å²) in [6.45, 7) is 4.33. The van der Waals surface area contributed by atoms with E-state index in [1.807, 2.05) is 25.1 Å². The molecule has 2 saturated heterocycles. The molecule has 2 aliphatic heterocycles. The number of H-pyrrole nitrogens is 1. The number of rotatable bonds is 3. The number of carboxylic acid groups (broad SMARTS) is 1. The Morgan fingerprint density at radius 1 is 1.32 bits per heavy atom. The van der Waals surface area contributed by atoms with Crippen molar-refractivity contribution in [2.75, 3.05) is 13.1 Å². The SMILES string of the molecule is Cc1nc(CN2CCC3(CC2)C[C@H](O)C[C@H](c2ccccc2)O3)n[nH]1.O=CO. The maximum Gasteiger partial charge on any atom is 0.290 e. The fourth-order valence-electron chi connectivity index (χ4n) is 4.13. The molecule has 2 aliphatic rings. The van der Waals surface area contributed by atoms with Crippen molar-refractivity contribution in [2.24, 2.45) is 0 Å². The third-order valence-electron chi connectivity index (χ3n) is 5.43. The summed E-state index contributed by atoms with van der Waals surface area (Å²) in [6, 6.07) is 10.3. The van der Waals surface area contributed by atoms with Crippen LogP contribution in [0.15, 0.2) is 30.3 Å². The van der Waals surface area contributed by atoms with Gasteiger partial charge in [0, 0.05) is 25.9 Å². The van der Waals surface area contributed by atoms with Crippen LogP contribution in [0.5, 0.6) is 0 Å². The number of benzene rings is 1. The lowest BCUT2D eigenvalue weighted by molar-refractivity contribution is -0.184. The molecule has 1 spiro atoms. The molecule has 152 valence electrons. The zero-order valence-electron chi connectivity index (χ0n) is 16.1. The molecule has 8 nitrogen and oxygen atoms in total. The van der Waals surface area contributed by atoms with E-state index in [1.54, 1.807) is 0 Å². The molecule has 0 radical (unpaired) electrons. The van der Waals surface area contributed by atoms with Crippen molar-refractivity contribution in [1.29, 1.82) is 0 Å². The number of piperidine rings is 1. The van der Waals surface area contributed by atoms with E-state index in [9.17, 15) is 5.11 Å². The van der Waals surface area contributed by atoms with Gasteiger partial charge < -0.3 is 14.9 Å². The molecule has 0 amide bonds. The van der Waals surface area contributed by atoms with Crippen molar-refractivity contribution in [1.82, 2.24) is 20.1 Å². The first kappa shape index (κ1) is 20.4. The number of aromatic nitrogens is 3. The summed E-state index contributed by atoms with van der Waals surface area (Å²) < 4.78 is 6.55. The van der Waals surface area contributed by atoms with Gasteiger partial charge in [-0.15, -0.1) is 0 Å². The van der Waals surface area contributed by atoms with Crippen LogP contribution in [0.3, 0.4) is 0 Å². The normalized spacial score (nSPS) is 24.4. The summed E-state index contributed by atoms with van der Waals surface area (Å²) in [7, 11) is 0. The molecule has 4 rings (SSSR count). The van der Waals surface area contributed by atoms with Gasteiger partial charge in [0.2, 0.25) is 0 Å². The van der Waals surface area contributed by atoms with E-state index in [1.165, 1.54) is 5.56 Å². The van der Waals surface area contributed by atoms with Crippen molar-refractivity contribution < 1.29 is 19.7 Å². The summed E-state index contributed by atoms with van der Waals surface area (Å²) >= 11 is 0. The van der Waals surface area contributed by atoms with Gasteiger partial charge in [0.05, 0.1) is 24.4 Å². The number of hydrogen-bond acceptors (Lipinski definition) is 6. The van der Waals surface area contributed by atoms with Gasteiger partial charge in [-0.25, -0.2) is 4.98 Å². The second-order valence-corrected chi connectivity index (χ2v) is 7.51. The number of nitrogens with zero attached hydrogens (tertiary/aromatic N) is 3. The van der Waals surface area contributed by atoms with E-state index < -0.39 is 0 Å². The van der Waals surface area contributed by atoms with Gasteiger partial charge in [-0.05, 0) is 25.3 Å². The summed E-state index contributed by atoms with van der Waals surface area (Å²) in [5.74, 6) is 1.70. The van der Waals surface area contributed by atoms with Gasteiger partial charge >= 0.3 is 0 Å². The largest absolute Gasteiger partial charge is 0.483 e. The van der Waals surface area contributed by atoms with Gasteiger partial charge in [-0.3, -0.25) is 14.8 Å². The quantitative estimate of drug-likeness (QED) is 0.690. The van der Waals surface area contributed by atoms with Gasteiger partial charge in [0.15, 0.2) is 5.82 Å². The van der Waals surface area contributed by atoms with E-state index in [2.05, 4.69) is 32.2 Å². The molecule has 2 fully saturated rings. The molecule has 1 aromatic heterocycles. The molecular formula is C20H28N4O4. The van der Waals surface area contributed by atoms with Crippen molar-refractivity contribution in [2.45, 2.75) is 57.0 Å². The Labute approximate surface area is 164 Å². The van der Waals surface area contributed by atoms with Crippen LogP contribution in [0.4, 0.5) is 0 Å². The number of nitrogens with one attached hydrogen (secondary N) is 1. The van der Waals surface area contributed by atoms with Crippen molar-refractivity contribution >= 4 is 6.47 Å². The molecule has 8 heteroatoms. The van der Waals surface area contributed by atoms with Gasteiger partial charge in [-0.1, -0.05) is 30.3 Å². The molecule has 3 N–H and O–H groups in total. The maximum absolute atomic E-state index is 10.4. The zero-order chi connectivity index (χ0) is 20.0. The second kappa shape index (κ2) is 9.27. The van der Waals surface area contributed by atoms with E-state index in [-0.39, 0.29) is 24.3 Å². The lowest BCUT2D eigenvalue weighted by atomic mass is 9.81. The molecular weight excluding hydrogens is 360 g/mol. The summed E-state index contributed by atoms with van der Waals surface area (Å²) in [5.41, 5.74) is 0.961. The van der Waals surface area contributed by atoms with E-state index in [0.29, 0.717) is 6.42 Å². The fraction of sp³-hybridized carbons (Fsp3) is 0.550. The fourth-order valence-corrected chi connectivity index (χ4v) is 4.13. The van der Waals surface area contributed by atoms with Crippen LogP contribution in [-0.2, 0) is 16.1 Å². The van der Waals surface area contributed by atoms with Crippen LogP contribution in [0.2, 0.25) is 0 Å². The monoisotopic (exact) mass is 388 g/mol. The number of likely N-dealkylation sites (tertiary alicyclic amines) is 1. The highest BCUT2D eigenvalue weighted by Crippen LogP contribution is 2.43. The Morgan fingerprint density at radius 2 is 2.00 bits per heavy atom.